The van der Waals surface area contributed by atoms with Crippen LogP contribution in [-0.4, -0.2) is 42.8 Å². The van der Waals surface area contributed by atoms with Gasteiger partial charge in [0.1, 0.15) is 17.2 Å². The van der Waals surface area contributed by atoms with Gasteiger partial charge in [0.15, 0.2) is 6.54 Å². The molecule has 0 radical (unpaired) electrons. The fourth-order valence-corrected chi connectivity index (χ4v) is 4.20. The summed E-state index contributed by atoms with van der Waals surface area (Å²) >= 11 is 0. The highest BCUT2D eigenvalue weighted by atomic mass is 79.9. The van der Waals surface area contributed by atoms with E-state index in [0.29, 0.717) is 6.54 Å². The van der Waals surface area contributed by atoms with Crippen LogP contribution in [0.1, 0.15) is 31.2 Å². The number of halogens is 1. The lowest BCUT2D eigenvalue weighted by molar-refractivity contribution is -0.534. The van der Waals surface area contributed by atoms with Gasteiger partial charge in [-0.15, -0.1) is 17.0 Å². The molecule has 4 rings (SSSR count). The van der Waals surface area contributed by atoms with E-state index in [4.69, 9.17) is 9.47 Å². The molecular weight excluding hydrogens is 420 g/mol. The van der Waals surface area contributed by atoms with Crippen molar-refractivity contribution >= 4 is 28.5 Å². The summed E-state index contributed by atoms with van der Waals surface area (Å²) in [5.74, 6) is 2.81. The second kappa shape index (κ2) is 8.53. The highest BCUT2D eigenvalue weighted by molar-refractivity contribution is 8.93. The van der Waals surface area contributed by atoms with Crippen LogP contribution in [0, 0.1) is 0 Å². The van der Waals surface area contributed by atoms with Gasteiger partial charge in [-0.2, -0.15) is 4.90 Å². The van der Waals surface area contributed by atoms with E-state index in [1.807, 2.05) is 48.5 Å². The number of nitrogens with zero attached hydrogens (tertiary/aromatic N) is 2. The van der Waals surface area contributed by atoms with E-state index in [9.17, 15) is 5.11 Å². The number of benzene rings is 2. The van der Waals surface area contributed by atoms with Gasteiger partial charge in [-0.1, -0.05) is 0 Å². The Kier molecular flexibility index (Phi) is 6.30. The van der Waals surface area contributed by atoms with Crippen LogP contribution < -0.4 is 14.4 Å². The largest absolute Gasteiger partial charge is 0.497 e. The third-order valence-electron chi connectivity index (χ3n) is 5.62. The standard InChI is InChI=1S/C22H27N2O3.BrH/c1-26-19-11-7-17(8-12-19)22(25)16-23-15-5-3-4-6-21(23)24(22)18-9-13-20(27-2)14-10-18;/h7-14,25H,3-6,15-16H2,1-2H3;1H/q+1;. The molecule has 5 nitrogen and oxygen atoms in total. The Labute approximate surface area is 177 Å². The average molecular weight is 448 g/mol. The topological polar surface area (TPSA) is 44.9 Å². The Morgan fingerprint density at radius 3 is 2.11 bits per heavy atom. The smallest absolute Gasteiger partial charge is 0.275 e. The van der Waals surface area contributed by atoms with Crippen molar-refractivity contribution in [3.63, 3.8) is 0 Å². The summed E-state index contributed by atoms with van der Waals surface area (Å²) in [4.78, 5) is 2.11. The van der Waals surface area contributed by atoms with Crippen molar-refractivity contribution in [3.8, 4) is 11.5 Å². The SMILES string of the molecule is Br.COc1ccc(N2C3=[N+](CCCCC3)CC2(O)c2ccc(OC)cc2)cc1. The van der Waals surface area contributed by atoms with Crippen LogP contribution in [0.4, 0.5) is 5.69 Å². The van der Waals surface area contributed by atoms with E-state index in [0.717, 1.165) is 42.1 Å². The van der Waals surface area contributed by atoms with Gasteiger partial charge in [-0.05, 0) is 67.8 Å². The van der Waals surface area contributed by atoms with Crippen LogP contribution in [0.2, 0.25) is 0 Å². The van der Waals surface area contributed by atoms with Crippen LogP contribution >= 0.6 is 17.0 Å². The number of methoxy groups -OCH3 is 2. The zero-order chi connectivity index (χ0) is 18.9. The van der Waals surface area contributed by atoms with Crippen molar-refractivity contribution in [2.45, 2.75) is 31.4 Å². The zero-order valence-electron chi connectivity index (χ0n) is 16.4. The first-order valence-electron chi connectivity index (χ1n) is 9.58. The molecule has 1 N–H and O–H groups in total. The van der Waals surface area contributed by atoms with Gasteiger partial charge in [0.05, 0.1) is 20.8 Å². The van der Waals surface area contributed by atoms with Gasteiger partial charge in [-0.25, -0.2) is 0 Å². The second-order valence-corrected chi connectivity index (χ2v) is 7.23. The monoisotopic (exact) mass is 447 g/mol. The summed E-state index contributed by atoms with van der Waals surface area (Å²) in [7, 11) is 3.32. The van der Waals surface area contributed by atoms with Crippen molar-refractivity contribution < 1.29 is 19.2 Å². The summed E-state index contributed by atoms with van der Waals surface area (Å²) in [6.45, 7) is 1.56. The van der Waals surface area contributed by atoms with Gasteiger partial charge in [0.25, 0.3) is 11.6 Å². The minimum absolute atomic E-state index is 0. The maximum absolute atomic E-state index is 11.9. The molecule has 2 aromatic carbocycles. The van der Waals surface area contributed by atoms with Crippen molar-refractivity contribution in [2.24, 2.45) is 0 Å². The highest BCUT2D eigenvalue weighted by Crippen LogP contribution is 2.38. The van der Waals surface area contributed by atoms with Crippen molar-refractivity contribution in [1.82, 2.24) is 0 Å². The van der Waals surface area contributed by atoms with Gasteiger partial charge >= 0.3 is 0 Å². The fraction of sp³-hybridized carbons (Fsp3) is 0.409. The Balaban J connectivity index is 0.00000225. The predicted molar refractivity (Wildman–Crippen MR) is 116 cm³/mol. The van der Waals surface area contributed by atoms with Gasteiger partial charge in [0, 0.05) is 12.0 Å². The summed E-state index contributed by atoms with van der Waals surface area (Å²) in [6.07, 6.45) is 4.53. The average Bonchev–Trinajstić information content (AvgIpc) is 2.84. The molecule has 6 heteroatoms. The maximum atomic E-state index is 11.9. The molecule has 1 unspecified atom stereocenters. The third-order valence-corrected chi connectivity index (χ3v) is 5.62. The molecule has 2 heterocycles. The number of rotatable bonds is 4. The van der Waals surface area contributed by atoms with Crippen LogP contribution in [0.25, 0.3) is 0 Å². The molecule has 0 spiro atoms. The molecule has 2 aliphatic rings. The highest BCUT2D eigenvalue weighted by Gasteiger charge is 2.54. The number of hydrogen-bond donors (Lipinski definition) is 1. The fourth-order valence-electron chi connectivity index (χ4n) is 4.20. The van der Waals surface area contributed by atoms with Crippen molar-refractivity contribution in [1.29, 1.82) is 0 Å². The Hall–Kier alpha value is -2.05. The maximum Gasteiger partial charge on any atom is 0.275 e. The number of aliphatic hydroxyl groups is 1. The van der Waals surface area contributed by atoms with E-state index >= 15 is 0 Å². The number of ether oxygens (including phenoxy) is 2. The first-order chi connectivity index (χ1) is 13.2. The lowest BCUT2D eigenvalue weighted by Crippen LogP contribution is -2.47. The van der Waals surface area contributed by atoms with E-state index in [1.54, 1.807) is 14.2 Å². The Morgan fingerprint density at radius 1 is 0.893 bits per heavy atom. The van der Waals surface area contributed by atoms with E-state index in [1.165, 1.54) is 18.7 Å². The summed E-state index contributed by atoms with van der Waals surface area (Å²) < 4.78 is 12.9. The van der Waals surface area contributed by atoms with E-state index in [-0.39, 0.29) is 17.0 Å². The predicted octanol–water partition coefficient (Wildman–Crippen LogP) is 3.93. The molecule has 0 aromatic heterocycles. The zero-order valence-corrected chi connectivity index (χ0v) is 18.1. The van der Waals surface area contributed by atoms with Crippen LogP contribution in [0.3, 0.4) is 0 Å². The number of anilines is 1. The molecule has 1 atom stereocenters. The molecule has 0 fully saturated rings. The second-order valence-electron chi connectivity index (χ2n) is 7.23. The third kappa shape index (κ3) is 3.63. The van der Waals surface area contributed by atoms with Gasteiger partial charge in [-0.3, -0.25) is 4.58 Å². The first kappa shape index (κ1) is 20.7. The minimum atomic E-state index is -1.10. The summed E-state index contributed by atoms with van der Waals surface area (Å²) in [5, 5.41) is 11.9. The lowest BCUT2D eigenvalue weighted by Gasteiger charge is -2.29. The van der Waals surface area contributed by atoms with E-state index in [2.05, 4.69) is 9.48 Å². The molecular formula is C22H28BrN2O3+. The molecule has 2 aromatic rings. The van der Waals surface area contributed by atoms with Crippen molar-refractivity contribution in [2.75, 3.05) is 32.2 Å². The summed E-state index contributed by atoms with van der Waals surface area (Å²) in [6, 6.07) is 15.7. The Bertz CT molecular complexity index is 836. The molecule has 2 aliphatic heterocycles. The molecule has 0 aliphatic carbocycles. The molecule has 0 saturated heterocycles. The lowest BCUT2D eigenvalue weighted by atomic mass is 9.99. The quantitative estimate of drug-likeness (QED) is 0.721. The normalized spacial score (nSPS) is 21.6. The van der Waals surface area contributed by atoms with Gasteiger partial charge < -0.3 is 14.6 Å². The van der Waals surface area contributed by atoms with Gasteiger partial charge in [0.2, 0.25) is 0 Å². The molecule has 150 valence electrons. The summed E-state index contributed by atoms with van der Waals surface area (Å²) in [5.41, 5.74) is 0.751. The van der Waals surface area contributed by atoms with Crippen LogP contribution in [-0.2, 0) is 5.72 Å². The molecule has 0 saturated carbocycles. The molecule has 0 bridgehead atoms. The molecule has 28 heavy (non-hydrogen) atoms. The molecule has 0 amide bonds. The van der Waals surface area contributed by atoms with Crippen molar-refractivity contribution in [3.05, 3.63) is 54.1 Å². The number of hydrogen-bond acceptors (Lipinski definition) is 4. The van der Waals surface area contributed by atoms with Crippen LogP contribution in [0.15, 0.2) is 48.5 Å². The number of amidine groups is 1. The Morgan fingerprint density at radius 2 is 1.50 bits per heavy atom. The first-order valence-corrected chi connectivity index (χ1v) is 9.58. The minimum Gasteiger partial charge on any atom is -0.497 e. The van der Waals surface area contributed by atoms with E-state index < -0.39 is 5.72 Å². The van der Waals surface area contributed by atoms with Crippen LogP contribution in [0.5, 0.6) is 11.5 Å².